The van der Waals surface area contributed by atoms with Crippen LogP contribution in [-0.4, -0.2) is 19.3 Å². The Morgan fingerprint density at radius 3 is 2.50 bits per heavy atom. The Balaban J connectivity index is 1.92. The molecule has 1 unspecified atom stereocenters. The molecule has 0 saturated carbocycles. The van der Waals surface area contributed by atoms with Gasteiger partial charge in [0.1, 0.15) is 0 Å². The van der Waals surface area contributed by atoms with Gasteiger partial charge in [0.25, 0.3) is 0 Å². The summed E-state index contributed by atoms with van der Waals surface area (Å²) in [7, 11) is 0. The fourth-order valence-electron chi connectivity index (χ4n) is 2.89. The first-order chi connectivity index (χ1) is 9.64. The van der Waals surface area contributed by atoms with E-state index in [0.29, 0.717) is 13.2 Å². The fourth-order valence-corrected chi connectivity index (χ4v) is 3.15. The van der Waals surface area contributed by atoms with Crippen molar-refractivity contribution in [3.05, 3.63) is 34.3 Å². The molecule has 5 heteroatoms. The maximum absolute atomic E-state index is 9.42. The Morgan fingerprint density at radius 1 is 1.30 bits per heavy atom. The lowest BCUT2D eigenvalue weighted by Crippen LogP contribution is -2.62. The molecule has 0 spiro atoms. The standard InChI is InChI=1S/C15H16BrNO3/c1-2-7-14-9-18-15(19-10-14,20-13(14)8-17)11-3-5-12(16)6-4-11/h3-6,13H,2,7,9-10H2,1H3. The zero-order valence-corrected chi connectivity index (χ0v) is 12.9. The summed E-state index contributed by atoms with van der Waals surface area (Å²) >= 11 is 3.40. The Bertz CT molecular complexity index is 529. The smallest absolute Gasteiger partial charge is 0.313 e. The Morgan fingerprint density at radius 2 is 1.95 bits per heavy atom. The predicted octanol–water partition coefficient (Wildman–Crippen LogP) is 3.32. The van der Waals surface area contributed by atoms with Crippen LogP contribution in [0.1, 0.15) is 25.3 Å². The molecule has 0 aromatic heterocycles. The summed E-state index contributed by atoms with van der Waals surface area (Å²) in [6.07, 6.45) is 1.34. The van der Waals surface area contributed by atoms with E-state index < -0.39 is 12.1 Å². The number of nitrogens with zero attached hydrogens (tertiary/aromatic N) is 1. The monoisotopic (exact) mass is 337 g/mol. The highest BCUT2D eigenvalue weighted by Gasteiger charge is 2.59. The van der Waals surface area contributed by atoms with Crippen molar-refractivity contribution in [2.24, 2.45) is 5.41 Å². The molecule has 106 valence electrons. The molecule has 4 rings (SSSR count). The number of rotatable bonds is 3. The second-order valence-electron chi connectivity index (χ2n) is 5.38. The number of benzene rings is 1. The van der Waals surface area contributed by atoms with E-state index in [1.807, 2.05) is 24.3 Å². The van der Waals surface area contributed by atoms with Gasteiger partial charge in [-0.05, 0) is 30.7 Å². The third kappa shape index (κ3) is 2.08. The lowest BCUT2D eigenvalue weighted by molar-refractivity contribution is -0.493. The second kappa shape index (κ2) is 5.12. The van der Waals surface area contributed by atoms with Crippen LogP contribution in [0.2, 0.25) is 0 Å². The normalized spacial score (nSPS) is 35.8. The SMILES string of the molecule is CCCC12COC(c3ccc(Br)cc3)(OC1)OC2C#N. The van der Waals surface area contributed by atoms with Crippen LogP contribution in [0.25, 0.3) is 0 Å². The van der Waals surface area contributed by atoms with Crippen molar-refractivity contribution in [2.75, 3.05) is 13.2 Å². The van der Waals surface area contributed by atoms with Crippen LogP contribution in [0.15, 0.2) is 28.7 Å². The molecule has 3 aliphatic heterocycles. The summed E-state index contributed by atoms with van der Waals surface area (Å²) in [5.41, 5.74) is 0.450. The molecule has 0 N–H and O–H groups in total. The van der Waals surface area contributed by atoms with Crippen LogP contribution in [0.4, 0.5) is 0 Å². The Kier molecular flexibility index (Phi) is 3.59. The van der Waals surface area contributed by atoms with E-state index in [0.717, 1.165) is 22.9 Å². The number of ether oxygens (including phenoxy) is 3. The average molecular weight is 338 g/mol. The third-order valence-electron chi connectivity index (χ3n) is 3.99. The molecular formula is C15H16BrNO3. The van der Waals surface area contributed by atoms with Gasteiger partial charge in [0.2, 0.25) is 0 Å². The van der Waals surface area contributed by atoms with Crippen molar-refractivity contribution in [3.63, 3.8) is 0 Å². The minimum absolute atomic E-state index is 0.333. The Labute approximate surface area is 126 Å². The minimum Gasteiger partial charge on any atom is -0.323 e. The topological polar surface area (TPSA) is 51.5 Å². The zero-order chi connectivity index (χ0) is 14.2. The van der Waals surface area contributed by atoms with Crippen molar-refractivity contribution in [1.82, 2.24) is 0 Å². The van der Waals surface area contributed by atoms with E-state index in [9.17, 15) is 5.26 Å². The number of fused-ring (bicyclic) bond motifs is 3. The highest BCUT2D eigenvalue weighted by Crippen LogP contribution is 2.49. The van der Waals surface area contributed by atoms with Gasteiger partial charge in [-0.3, -0.25) is 0 Å². The maximum Gasteiger partial charge on any atom is 0.313 e. The van der Waals surface area contributed by atoms with Gasteiger partial charge in [-0.15, -0.1) is 0 Å². The zero-order valence-electron chi connectivity index (χ0n) is 11.3. The predicted molar refractivity (Wildman–Crippen MR) is 75.6 cm³/mol. The number of halogens is 1. The lowest BCUT2D eigenvalue weighted by atomic mass is 9.77. The largest absolute Gasteiger partial charge is 0.323 e. The number of hydrogen-bond donors (Lipinski definition) is 0. The molecule has 1 atom stereocenters. The second-order valence-corrected chi connectivity index (χ2v) is 6.30. The summed E-state index contributed by atoms with van der Waals surface area (Å²) in [5.74, 6) is -1.23. The minimum atomic E-state index is -1.23. The van der Waals surface area contributed by atoms with E-state index in [2.05, 4.69) is 28.9 Å². The van der Waals surface area contributed by atoms with Gasteiger partial charge in [-0.25, -0.2) is 0 Å². The van der Waals surface area contributed by atoms with E-state index in [-0.39, 0.29) is 5.41 Å². The first-order valence-electron chi connectivity index (χ1n) is 6.75. The lowest BCUT2D eigenvalue weighted by Gasteiger charge is -2.54. The van der Waals surface area contributed by atoms with Crippen LogP contribution in [-0.2, 0) is 20.2 Å². The van der Waals surface area contributed by atoms with E-state index in [4.69, 9.17) is 14.2 Å². The summed E-state index contributed by atoms with van der Waals surface area (Å²) in [5, 5.41) is 9.42. The van der Waals surface area contributed by atoms with E-state index >= 15 is 0 Å². The fraction of sp³-hybridized carbons (Fsp3) is 0.533. The molecule has 1 aromatic carbocycles. The summed E-state index contributed by atoms with van der Waals surface area (Å²) in [4.78, 5) is 0. The van der Waals surface area contributed by atoms with Gasteiger partial charge in [0, 0.05) is 10.0 Å². The highest BCUT2D eigenvalue weighted by atomic mass is 79.9. The molecule has 0 amide bonds. The van der Waals surface area contributed by atoms with Crippen LogP contribution >= 0.6 is 15.9 Å². The molecule has 20 heavy (non-hydrogen) atoms. The van der Waals surface area contributed by atoms with E-state index in [1.54, 1.807) is 0 Å². The molecule has 3 heterocycles. The van der Waals surface area contributed by atoms with Gasteiger partial charge in [-0.2, -0.15) is 5.26 Å². The van der Waals surface area contributed by atoms with Gasteiger partial charge >= 0.3 is 5.97 Å². The molecule has 3 aliphatic rings. The highest BCUT2D eigenvalue weighted by molar-refractivity contribution is 9.10. The molecule has 3 saturated heterocycles. The maximum atomic E-state index is 9.42. The van der Waals surface area contributed by atoms with Crippen molar-refractivity contribution in [2.45, 2.75) is 31.8 Å². The van der Waals surface area contributed by atoms with Gasteiger partial charge < -0.3 is 14.2 Å². The molecule has 0 aliphatic carbocycles. The summed E-state index contributed by atoms with van der Waals surface area (Å²) in [6, 6.07) is 9.86. The van der Waals surface area contributed by atoms with Crippen LogP contribution < -0.4 is 0 Å². The quantitative estimate of drug-likeness (QED) is 0.848. The van der Waals surface area contributed by atoms with Crippen LogP contribution in [0.5, 0.6) is 0 Å². The molecule has 2 bridgehead atoms. The Hall–Kier alpha value is -0.930. The third-order valence-corrected chi connectivity index (χ3v) is 4.52. The number of hydrogen-bond acceptors (Lipinski definition) is 4. The van der Waals surface area contributed by atoms with Gasteiger partial charge in [-0.1, -0.05) is 29.3 Å². The van der Waals surface area contributed by atoms with Crippen molar-refractivity contribution in [1.29, 1.82) is 5.26 Å². The van der Waals surface area contributed by atoms with Crippen molar-refractivity contribution >= 4 is 15.9 Å². The van der Waals surface area contributed by atoms with Crippen molar-refractivity contribution < 1.29 is 14.2 Å². The molecule has 3 fully saturated rings. The molecular weight excluding hydrogens is 322 g/mol. The van der Waals surface area contributed by atoms with Crippen molar-refractivity contribution in [3.8, 4) is 6.07 Å². The molecule has 0 radical (unpaired) electrons. The first kappa shape index (κ1) is 14.0. The summed E-state index contributed by atoms with van der Waals surface area (Å²) in [6.45, 7) is 3.08. The van der Waals surface area contributed by atoms with Gasteiger partial charge in [0.05, 0.1) is 24.7 Å². The molecule has 4 nitrogen and oxygen atoms in total. The average Bonchev–Trinajstić information content (AvgIpc) is 2.49. The summed E-state index contributed by atoms with van der Waals surface area (Å²) < 4.78 is 18.6. The van der Waals surface area contributed by atoms with Gasteiger partial charge in [0.15, 0.2) is 6.10 Å². The van der Waals surface area contributed by atoms with E-state index in [1.165, 1.54) is 0 Å². The van der Waals surface area contributed by atoms with Crippen LogP contribution in [0, 0.1) is 16.7 Å². The number of nitriles is 1. The van der Waals surface area contributed by atoms with Crippen LogP contribution in [0.3, 0.4) is 0 Å². The first-order valence-corrected chi connectivity index (χ1v) is 7.55. The molecule has 1 aromatic rings.